The van der Waals surface area contributed by atoms with Gasteiger partial charge in [0.15, 0.2) is 0 Å². The highest BCUT2D eigenvalue weighted by Crippen LogP contribution is 2.28. The number of halogens is 1. The van der Waals surface area contributed by atoms with E-state index < -0.39 is 5.60 Å². The Bertz CT molecular complexity index is 669. The molecule has 0 saturated carbocycles. The fraction of sp³-hybridized carbons (Fsp3) is 0.429. The molecule has 0 aromatic heterocycles. The van der Waals surface area contributed by atoms with Crippen LogP contribution in [-0.2, 0) is 6.42 Å². The van der Waals surface area contributed by atoms with Gasteiger partial charge in [0.2, 0.25) is 0 Å². The lowest BCUT2D eigenvalue weighted by atomic mass is 9.84. The average Bonchev–Trinajstić information content (AvgIpc) is 2.64. The van der Waals surface area contributed by atoms with Crippen LogP contribution in [-0.4, -0.2) is 41.8 Å². The van der Waals surface area contributed by atoms with Crippen molar-refractivity contribution >= 4 is 0 Å². The smallest absolute Gasteiger partial charge is 0.126 e. The van der Waals surface area contributed by atoms with Crippen molar-refractivity contribution in [2.24, 2.45) is 5.73 Å². The summed E-state index contributed by atoms with van der Waals surface area (Å²) in [5.74, 6) is 0.0737. The van der Waals surface area contributed by atoms with E-state index in [0.29, 0.717) is 37.3 Å². The van der Waals surface area contributed by atoms with Crippen LogP contribution in [0.15, 0.2) is 54.6 Å². The SMILES string of the molecule is NCC(CN1CCC(O)(Cc2ccccc2F)CC1)c1ccccc1. The highest BCUT2D eigenvalue weighted by molar-refractivity contribution is 5.21. The lowest BCUT2D eigenvalue weighted by molar-refractivity contribution is -0.0221. The van der Waals surface area contributed by atoms with Gasteiger partial charge in [0, 0.05) is 38.5 Å². The van der Waals surface area contributed by atoms with Crippen LogP contribution in [0.4, 0.5) is 4.39 Å². The molecule has 1 heterocycles. The molecule has 3 rings (SSSR count). The van der Waals surface area contributed by atoms with Crippen molar-refractivity contribution in [3.05, 3.63) is 71.5 Å². The van der Waals surface area contributed by atoms with Crippen molar-refractivity contribution in [2.75, 3.05) is 26.2 Å². The number of piperidine rings is 1. The molecule has 134 valence electrons. The highest BCUT2D eigenvalue weighted by Gasteiger charge is 2.33. The number of nitrogens with two attached hydrogens (primary N) is 1. The molecule has 0 bridgehead atoms. The summed E-state index contributed by atoms with van der Waals surface area (Å²) in [5, 5.41) is 10.9. The van der Waals surface area contributed by atoms with Crippen LogP contribution in [0.3, 0.4) is 0 Å². The van der Waals surface area contributed by atoms with Crippen molar-refractivity contribution in [1.82, 2.24) is 4.90 Å². The molecule has 1 atom stereocenters. The molecule has 3 N–H and O–H groups in total. The predicted molar refractivity (Wildman–Crippen MR) is 99.0 cm³/mol. The van der Waals surface area contributed by atoms with Gasteiger partial charge in [-0.1, -0.05) is 48.5 Å². The lowest BCUT2D eigenvalue weighted by Gasteiger charge is -2.39. The fourth-order valence-corrected chi connectivity index (χ4v) is 3.68. The van der Waals surface area contributed by atoms with Gasteiger partial charge in [-0.15, -0.1) is 0 Å². The third-order valence-electron chi connectivity index (χ3n) is 5.30. The zero-order valence-electron chi connectivity index (χ0n) is 14.6. The molecule has 0 radical (unpaired) electrons. The highest BCUT2D eigenvalue weighted by atomic mass is 19.1. The molecule has 1 fully saturated rings. The zero-order valence-corrected chi connectivity index (χ0v) is 14.6. The first kappa shape index (κ1) is 18.1. The Morgan fingerprint density at radius 2 is 1.68 bits per heavy atom. The number of hydrogen-bond donors (Lipinski definition) is 2. The summed E-state index contributed by atoms with van der Waals surface area (Å²) < 4.78 is 13.9. The van der Waals surface area contributed by atoms with Crippen LogP contribution < -0.4 is 5.73 Å². The third kappa shape index (κ3) is 4.66. The molecule has 4 heteroatoms. The Balaban J connectivity index is 1.57. The summed E-state index contributed by atoms with van der Waals surface area (Å²) >= 11 is 0. The summed E-state index contributed by atoms with van der Waals surface area (Å²) in [5.41, 5.74) is 7.02. The molecule has 1 aliphatic rings. The first-order valence-electron chi connectivity index (χ1n) is 9.03. The standard InChI is InChI=1S/C21H27FN2O/c22-20-9-5-4-8-18(20)14-21(25)10-12-24(13-11-21)16-19(15-23)17-6-2-1-3-7-17/h1-9,19,25H,10-16,23H2. The van der Waals surface area contributed by atoms with E-state index in [1.807, 2.05) is 24.3 Å². The van der Waals surface area contributed by atoms with Gasteiger partial charge in [0.05, 0.1) is 5.60 Å². The van der Waals surface area contributed by atoms with Crippen molar-refractivity contribution < 1.29 is 9.50 Å². The number of likely N-dealkylation sites (tertiary alicyclic amines) is 1. The number of rotatable bonds is 6. The lowest BCUT2D eigenvalue weighted by Crippen LogP contribution is -2.47. The fourth-order valence-electron chi connectivity index (χ4n) is 3.68. The minimum absolute atomic E-state index is 0.231. The molecule has 0 spiro atoms. The van der Waals surface area contributed by atoms with Crippen LogP contribution in [0.5, 0.6) is 0 Å². The second kappa shape index (κ2) is 8.09. The van der Waals surface area contributed by atoms with Gasteiger partial charge in [0.1, 0.15) is 5.82 Å². The van der Waals surface area contributed by atoms with Crippen LogP contribution in [0, 0.1) is 5.82 Å². The van der Waals surface area contributed by atoms with E-state index in [1.54, 1.807) is 12.1 Å². The maximum Gasteiger partial charge on any atom is 0.126 e. The van der Waals surface area contributed by atoms with Gasteiger partial charge in [0.25, 0.3) is 0 Å². The molecule has 1 aliphatic heterocycles. The minimum Gasteiger partial charge on any atom is -0.389 e. The predicted octanol–water partition coefficient (Wildman–Crippen LogP) is 2.94. The zero-order chi connectivity index (χ0) is 17.7. The molecule has 25 heavy (non-hydrogen) atoms. The van der Waals surface area contributed by atoms with Crippen molar-refractivity contribution in [3.63, 3.8) is 0 Å². The second-order valence-corrected chi connectivity index (χ2v) is 7.14. The molecule has 2 aromatic rings. The maximum absolute atomic E-state index is 13.9. The van der Waals surface area contributed by atoms with Crippen LogP contribution in [0.1, 0.15) is 29.9 Å². The Kier molecular flexibility index (Phi) is 5.84. The van der Waals surface area contributed by atoms with Crippen molar-refractivity contribution in [3.8, 4) is 0 Å². The van der Waals surface area contributed by atoms with Crippen LogP contribution in [0.2, 0.25) is 0 Å². The third-order valence-corrected chi connectivity index (χ3v) is 5.30. The number of nitrogens with zero attached hydrogens (tertiary/aromatic N) is 1. The van der Waals surface area contributed by atoms with Crippen molar-refractivity contribution in [1.29, 1.82) is 0 Å². The second-order valence-electron chi connectivity index (χ2n) is 7.14. The van der Waals surface area contributed by atoms with Gasteiger partial charge in [-0.2, -0.15) is 0 Å². The summed E-state index contributed by atoms with van der Waals surface area (Å²) in [4.78, 5) is 2.36. The van der Waals surface area contributed by atoms with E-state index in [0.717, 1.165) is 19.6 Å². The van der Waals surface area contributed by atoms with Gasteiger partial charge in [-0.3, -0.25) is 0 Å². The van der Waals surface area contributed by atoms with E-state index >= 15 is 0 Å². The summed E-state index contributed by atoms with van der Waals surface area (Å²) in [6, 6.07) is 17.1. The van der Waals surface area contributed by atoms with E-state index in [1.165, 1.54) is 11.6 Å². The van der Waals surface area contributed by atoms with Crippen LogP contribution in [0.25, 0.3) is 0 Å². The summed E-state index contributed by atoms with van der Waals surface area (Å²) in [6.07, 6.45) is 1.70. The molecule has 0 amide bonds. The Hall–Kier alpha value is -1.75. The minimum atomic E-state index is -0.816. The molecular weight excluding hydrogens is 315 g/mol. The first-order chi connectivity index (χ1) is 12.1. The molecular formula is C21H27FN2O. The Labute approximate surface area is 149 Å². The topological polar surface area (TPSA) is 49.5 Å². The first-order valence-corrected chi connectivity index (χ1v) is 9.03. The van der Waals surface area contributed by atoms with E-state index in [2.05, 4.69) is 17.0 Å². The van der Waals surface area contributed by atoms with Crippen LogP contribution >= 0.6 is 0 Å². The summed E-state index contributed by atoms with van der Waals surface area (Å²) in [6.45, 7) is 3.14. The van der Waals surface area contributed by atoms with Gasteiger partial charge in [-0.05, 0) is 30.0 Å². The quantitative estimate of drug-likeness (QED) is 0.849. The Morgan fingerprint density at radius 1 is 1.04 bits per heavy atom. The Morgan fingerprint density at radius 3 is 2.32 bits per heavy atom. The molecule has 1 unspecified atom stereocenters. The van der Waals surface area contributed by atoms with Gasteiger partial charge >= 0.3 is 0 Å². The van der Waals surface area contributed by atoms with Gasteiger partial charge in [-0.25, -0.2) is 4.39 Å². The summed E-state index contributed by atoms with van der Waals surface area (Å²) in [7, 11) is 0. The molecule has 1 saturated heterocycles. The van der Waals surface area contributed by atoms with E-state index in [-0.39, 0.29) is 5.82 Å². The molecule has 2 aromatic carbocycles. The molecule has 0 aliphatic carbocycles. The van der Waals surface area contributed by atoms with Gasteiger partial charge < -0.3 is 15.7 Å². The maximum atomic E-state index is 13.9. The molecule has 3 nitrogen and oxygen atoms in total. The van der Waals surface area contributed by atoms with E-state index in [4.69, 9.17) is 5.73 Å². The number of aliphatic hydroxyl groups is 1. The monoisotopic (exact) mass is 342 g/mol. The van der Waals surface area contributed by atoms with Crippen molar-refractivity contribution in [2.45, 2.75) is 30.8 Å². The largest absolute Gasteiger partial charge is 0.389 e. The average molecular weight is 342 g/mol. The van der Waals surface area contributed by atoms with E-state index in [9.17, 15) is 9.50 Å². The normalized spacial score (nSPS) is 18.8. The number of benzene rings is 2. The number of hydrogen-bond acceptors (Lipinski definition) is 3.